The fraction of sp³-hybridized carbons (Fsp3) is 0.619. The Hall–Kier alpha value is -2.85. The molecule has 17 nitrogen and oxygen atoms in total. The van der Waals surface area contributed by atoms with E-state index in [2.05, 4.69) is 15.9 Å². The maximum absolute atomic E-state index is 14.4. The third-order valence-corrected chi connectivity index (χ3v) is 6.10. The minimum atomic E-state index is -2.26. The Kier molecular flexibility index (Phi) is 14.3. The molecule has 20 heteroatoms. The molecule has 11 N–H and O–H groups in total. The molecule has 4 rings (SSSR count). The highest BCUT2D eigenvalue weighted by Crippen LogP contribution is 2.41. The van der Waals surface area contributed by atoms with Crippen LogP contribution in [0.25, 0.3) is 0 Å². The largest absolute Gasteiger partial charge is 0.394 e. The van der Waals surface area contributed by atoms with Crippen molar-refractivity contribution in [2.75, 3.05) is 24.4 Å². The topological polar surface area (TPSA) is 274 Å². The van der Waals surface area contributed by atoms with E-state index in [1.54, 1.807) is 5.48 Å². The molecule has 8 atom stereocenters. The van der Waals surface area contributed by atoms with E-state index in [1.807, 2.05) is 0 Å². The molecule has 2 aromatic heterocycles. The molecule has 236 valence electrons. The van der Waals surface area contributed by atoms with Gasteiger partial charge in [-0.25, -0.2) is 24.3 Å². The van der Waals surface area contributed by atoms with Crippen molar-refractivity contribution in [2.24, 2.45) is 5.90 Å². The summed E-state index contributed by atoms with van der Waals surface area (Å²) in [6, 6.07) is 2.55. The summed E-state index contributed by atoms with van der Waals surface area (Å²) in [6.45, 7) is 1.05. The van der Waals surface area contributed by atoms with Crippen molar-refractivity contribution < 1.29 is 49.1 Å². The smallest absolute Gasteiger partial charge is 0.351 e. The van der Waals surface area contributed by atoms with Gasteiger partial charge in [0.15, 0.2) is 29.6 Å². The lowest BCUT2D eigenvalue weighted by atomic mass is 9.98. The molecule has 0 radical (unpaired) electrons. The van der Waals surface area contributed by atoms with Crippen LogP contribution in [-0.2, 0) is 9.47 Å². The molecule has 0 aliphatic carbocycles. The number of nitrogens with one attached hydrogen (secondary N) is 1. The SMILES string of the molecule is C.C[C@@]1(F)C(O)[C@@H](CO)O[C@H]1n1ccc(N)nc1=O.C[C@@]1(F)C(O)[C@@H](CO)O[C@H]1n1ccc(NO)nc1=O.Cl.NO. The van der Waals surface area contributed by atoms with Crippen LogP contribution in [0.1, 0.15) is 33.7 Å². The highest BCUT2D eigenvalue weighted by molar-refractivity contribution is 5.85. The van der Waals surface area contributed by atoms with Crippen molar-refractivity contribution in [2.45, 2.75) is 69.5 Å². The van der Waals surface area contributed by atoms with Gasteiger partial charge in [0.2, 0.25) is 0 Å². The van der Waals surface area contributed by atoms with Crippen LogP contribution in [-0.4, -0.2) is 98.9 Å². The Labute approximate surface area is 237 Å². The molecule has 2 aromatic rings. The van der Waals surface area contributed by atoms with E-state index < -0.39 is 72.8 Å². The van der Waals surface area contributed by atoms with Gasteiger partial charge in [-0.2, -0.15) is 9.97 Å². The van der Waals surface area contributed by atoms with Crippen LogP contribution in [0, 0.1) is 0 Å². The fourth-order valence-corrected chi connectivity index (χ4v) is 3.98. The first-order chi connectivity index (χ1) is 18.3. The molecule has 0 saturated carbocycles. The van der Waals surface area contributed by atoms with Gasteiger partial charge in [-0.1, -0.05) is 7.43 Å². The first-order valence-corrected chi connectivity index (χ1v) is 11.2. The number of aliphatic hydroxyl groups excluding tert-OH is 4. The van der Waals surface area contributed by atoms with Gasteiger partial charge in [0.05, 0.1) is 13.2 Å². The zero-order valence-corrected chi connectivity index (χ0v) is 21.9. The molecule has 4 heterocycles. The maximum Gasteiger partial charge on any atom is 0.351 e. The van der Waals surface area contributed by atoms with E-state index in [4.69, 9.17) is 35.8 Å². The molecule has 0 aromatic carbocycles. The minimum Gasteiger partial charge on any atom is -0.394 e. The molecule has 2 unspecified atom stereocenters. The van der Waals surface area contributed by atoms with Gasteiger partial charge in [0.1, 0.15) is 30.2 Å². The number of aliphatic hydroxyl groups is 4. The maximum atomic E-state index is 14.4. The number of hydrogen-bond donors (Lipinski definition) is 9. The van der Waals surface area contributed by atoms with E-state index >= 15 is 0 Å². The second-order valence-corrected chi connectivity index (χ2v) is 8.77. The Balaban J connectivity index is 0.000000704. The third kappa shape index (κ3) is 7.71. The monoisotopic (exact) mass is 619 g/mol. The number of hydrogen-bond acceptors (Lipinski definition) is 15. The zero-order valence-electron chi connectivity index (χ0n) is 21.1. The summed E-state index contributed by atoms with van der Waals surface area (Å²) in [6.07, 6.45) is -5.67. The number of halogens is 3. The van der Waals surface area contributed by atoms with Gasteiger partial charge in [-0.15, -0.1) is 12.4 Å². The lowest BCUT2D eigenvalue weighted by Crippen LogP contribution is -2.42. The van der Waals surface area contributed by atoms with Crippen LogP contribution in [0.2, 0.25) is 0 Å². The standard InChI is InChI=1S/C10H14FN3O5.C10H14FN3O4.CH4.ClH.H3NO/c1-10(11)7(16)5(4-15)19-8(10)14-3-2-6(13-18)12-9(14)17;1-10(11)7(16)5(4-15)18-8(10)14-3-2-6(12)13-9(14)17;;;1-2/h2-3,5,7-8,15-16,18H,4H2,1H3,(H,12,13,17);2-3,5,7-8,15-16H,4H2,1H3,(H2,12,13,17);1H4;1H;2H,1H2/t2*5-,7?,8-,10-;;;/m11.../s1. The Morgan fingerprint density at radius 1 is 0.927 bits per heavy atom. The van der Waals surface area contributed by atoms with Gasteiger partial charge in [0.25, 0.3) is 0 Å². The normalized spacial score (nSPS) is 31.9. The van der Waals surface area contributed by atoms with Crippen molar-refractivity contribution in [3.8, 4) is 0 Å². The van der Waals surface area contributed by atoms with Gasteiger partial charge in [-0.3, -0.25) is 19.8 Å². The minimum absolute atomic E-state index is 0. The van der Waals surface area contributed by atoms with Gasteiger partial charge in [-0.05, 0) is 26.0 Å². The van der Waals surface area contributed by atoms with Crippen molar-refractivity contribution in [1.82, 2.24) is 19.1 Å². The van der Waals surface area contributed by atoms with Crippen molar-refractivity contribution in [3.05, 3.63) is 45.5 Å². The number of alkyl halides is 2. The molecular weight excluding hydrogens is 584 g/mol. The molecule has 0 amide bonds. The molecule has 0 bridgehead atoms. The Morgan fingerprint density at radius 3 is 1.63 bits per heavy atom. The van der Waals surface area contributed by atoms with E-state index in [-0.39, 0.29) is 31.5 Å². The summed E-state index contributed by atoms with van der Waals surface area (Å²) in [4.78, 5) is 30.2. The zero-order chi connectivity index (χ0) is 29.7. The Bertz CT molecular complexity index is 1220. The molecule has 41 heavy (non-hydrogen) atoms. The lowest BCUT2D eigenvalue weighted by Gasteiger charge is -2.24. The molecule has 2 fully saturated rings. The third-order valence-electron chi connectivity index (χ3n) is 6.10. The summed E-state index contributed by atoms with van der Waals surface area (Å²) >= 11 is 0. The predicted octanol–water partition coefficient (Wildman–Crippen LogP) is -1.78. The van der Waals surface area contributed by atoms with Crippen LogP contribution >= 0.6 is 12.4 Å². The molecule has 2 saturated heterocycles. The van der Waals surface area contributed by atoms with Crippen molar-refractivity contribution in [1.29, 1.82) is 0 Å². The van der Waals surface area contributed by atoms with Crippen molar-refractivity contribution >= 4 is 24.0 Å². The number of nitrogens with two attached hydrogens (primary N) is 2. The highest BCUT2D eigenvalue weighted by atomic mass is 35.5. The first kappa shape index (κ1) is 38.1. The molecule has 2 aliphatic rings. The van der Waals surface area contributed by atoms with Crippen LogP contribution in [0.15, 0.2) is 34.1 Å². The van der Waals surface area contributed by atoms with Crippen LogP contribution in [0.3, 0.4) is 0 Å². The first-order valence-electron chi connectivity index (χ1n) is 11.2. The van der Waals surface area contributed by atoms with Gasteiger partial charge >= 0.3 is 11.4 Å². The average molecular weight is 620 g/mol. The lowest BCUT2D eigenvalue weighted by molar-refractivity contribution is -0.0610. The van der Waals surface area contributed by atoms with E-state index in [0.717, 1.165) is 23.0 Å². The molecule has 0 spiro atoms. The highest BCUT2D eigenvalue weighted by Gasteiger charge is 2.56. The summed E-state index contributed by atoms with van der Waals surface area (Å²) in [5.74, 6) is 3.41. The number of nitrogens with zero attached hydrogens (tertiary/aromatic N) is 4. The summed E-state index contributed by atoms with van der Waals surface area (Å²) < 4.78 is 40.8. The summed E-state index contributed by atoms with van der Waals surface area (Å²) in [7, 11) is 0. The summed E-state index contributed by atoms with van der Waals surface area (Å²) in [5, 5.41) is 52.4. The van der Waals surface area contributed by atoms with Crippen LogP contribution in [0.5, 0.6) is 0 Å². The second-order valence-electron chi connectivity index (χ2n) is 8.77. The van der Waals surface area contributed by atoms with Crippen molar-refractivity contribution in [3.63, 3.8) is 0 Å². The number of aromatic nitrogens is 4. The van der Waals surface area contributed by atoms with Crippen LogP contribution in [0.4, 0.5) is 20.4 Å². The number of ether oxygens (including phenoxy) is 2. The Morgan fingerprint density at radius 2 is 1.32 bits per heavy atom. The summed E-state index contributed by atoms with van der Waals surface area (Å²) in [5.41, 5.74) is 0.898. The number of anilines is 2. The fourth-order valence-electron chi connectivity index (χ4n) is 3.98. The van der Waals surface area contributed by atoms with Gasteiger partial charge in [0, 0.05) is 12.4 Å². The molecular formula is C21H36ClF2N7O10. The second kappa shape index (κ2) is 15.4. The van der Waals surface area contributed by atoms with E-state index in [9.17, 15) is 28.6 Å². The van der Waals surface area contributed by atoms with Crippen LogP contribution < -0.4 is 28.5 Å². The predicted molar refractivity (Wildman–Crippen MR) is 140 cm³/mol. The van der Waals surface area contributed by atoms with E-state index in [0.29, 0.717) is 0 Å². The van der Waals surface area contributed by atoms with E-state index in [1.165, 1.54) is 24.5 Å². The quantitative estimate of drug-likeness (QED) is 0.167. The molecule has 2 aliphatic heterocycles. The van der Waals surface area contributed by atoms with Gasteiger partial charge < -0.3 is 40.8 Å². The number of nitrogen functional groups attached to an aromatic ring is 1. The number of rotatable bonds is 5. The average Bonchev–Trinajstić information content (AvgIpc) is 3.28.